The van der Waals surface area contributed by atoms with Crippen LogP contribution in [0, 0.1) is 5.41 Å². The molecular formula is C22H29N3O3. The Labute approximate surface area is 166 Å². The highest BCUT2D eigenvalue weighted by Gasteiger charge is 2.48. The Morgan fingerprint density at radius 1 is 1.14 bits per heavy atom. The summed E-state index contributed by atoms with van der Waals surface area (Å²) < 4.78 is 0. The maximum Gasteiger partial charge on any atom is 0.242 e. The van der Waals surface area contributed by atoms with Crippen molar-refractivity contribution in [2.45, 2.75) is 52.0 Å². The van der Waals surface area contributed by atoms with Crippen molar-refractivity contribution in [1.29, 1.82) is 0 Å². The van der Waals surface area contributed by atoms with Crippen molar-refractivity contribution in [1.82, 2.24) is 9.80 Å². The van der Waals surface area contributed by atoms with Crippen LogP contribution in [0.15, 0.2) is 24.3 Å². The average molecular weight is 383 g/mol. The lowest BCUT2D eigenvalue weighted by atomic mass is 9.81. The Hall–Kier alpha value is -2.37. The summed E-state index contributed by atoms with van der Waals surface area (Å²) in [4.78, 5) is 43.5. The fourth-order valence-electron chi connectivity index (χ4n) is 4.69. The van der Waals surface area contributed by atoms with E-state index in [-0.39, 0.29) is 35.7 Å². The van der Waals surface area contributed by atoms with Crippen LogP contribution in [0.4, 0.5) is 5.69 Å². The highest BCUT2D eigenvalue weighted by Crippen LogP contribution is 2.35. The number of piperidine rings is 1. The Kier molecular flexibility index (Phi) is 4.89. The highest BCUT2D eigenvalue weighted by atomic mass is 16.2. The van der Waals surface area contributed by atoms with E-state index in [0.717, 1.165) is 43.5 Å². The summed E-state index contributed by atoms with van der Waals surface area (Å²) in [6.45, 7) is 6.06. The molecule has 0 bridgehead atoms. The van der Waals surface area contributed by atoms with E-state index in [2.05, 4.69) is 0 Å². The Morgan fingerprint density at radius 2 is 1.93 bits per heavy atom. The average Bonchev–Trinajstić information content (AvgIpc) is 2.85. The van der Waals surface area contributed by atoms with Crippen LogP contribution in [0.3, 0.4) is 0 Å². The van der Waals surface area contributed by atoms with Crippen molar-refractivity contribution in [3.63, 3.8) is 0 Å². The second kappa shape index (κ2) is 7.22. The molecule has 1 aromatic carbocycles. The van der Waals surface area contributed by atoms with Crippen LogP contribution in [0.1, 0.15) is 45.1 Å². The van der Waals surface area contributed by atoms with Crippen LogP contribution in [0.25, 0.3) is 0 Å². The summed E-state index contributed by atoms with van der Waals surface area (Å²) in [5, 5.41) is 0. The number of aryl methyl sites for hydroxylation is 1. The number of nitrogens with zero attached hydrogens (tertiary/aromatic N) is 3. The fourth-order valence-corrected chi connectivity index (χ4v) is 4.69. The molecule has 0 aliphatic carbocycles. The van der Waals surface area contributed by atoms with Crippen molar-refractivity contribution in [3.8, 4) is 0 Å². The van der Waals surface area contributed by atoms with Gasteiger partial charge in [-0.15, -0.1) is 0 Å². The van der Waals surface area contributed by atoms with Crippen molar-refractivity contribution in [2.24, 2.45) is 5.41 Å². The lowest BCUT2D eigenvalue weighted by Crippen LogP contribution is -2.65. The number of hydrogen-bond donors (Lipinski definition) is 0. The SMILES string of the molecule is CC1(C)CN(C2CCCN(C(=O)CN3C(=O)CCCc4ccccc43)C2)C1=O. The van der Waals surface area contributed by atoms with Gasteiger partial charge in [-0.3, -0.25) is 14.4 Å². The van der Waals surface area contributed by atoms with Gasteiger partial charge in [-0.1, -0.05) is 18.2 Å². The molecule has 0 N–H and O–H groups in total. The third-order valence-electron chi connectivity index (χ3n) is 6.31. The molecule has 1 atom stereocenters. The number of carbonyl (C=O) groups excluding carboxylic acids is 3. The molecule has 3 aliphatic heterocycles. The zero-order valence-corrected chi connectivity index (χ0v) is 16.8. The van der Waals surface area contributed by atoms with E-state index in [9.17, 15) is 14.4 Å². The van der Waals surface area contributed by atoms with Gasteiger partial charge in [0.1, 0.15) is 6.54 Å². The van der Waals surface area contributed by atoms with Crippen molar-refractivity contribution in [3.05, 3.63) is 29.8 Å². The summed E-state index contributed by atoms with van der Waals surface area (Å²) in [5.41, 5.74) is 1.73. The Morgan fingerprint density at radius 3 is 2.68 bits per heavy atom. The first-order chi connectivity index (χ1) is 13.4. The predicted octanol–water partition coefficient (Wildman–Crippen LogP) is 2.22. The molecule has 1 unspecified atom stereocenters. The second-order valence-electron chi connectivity index (χ2n) is 8.91. The zero-order valence-electron chi connectivity index (χ0n) is 16.8. The number of benzene rings is 1. The van der Waals surface area contributed by atoms with Gasteiger partial charge in [-0.05, 0) is 51.2 Å². The van der Waals surface area contributed by atoms with E-state index >= 15 is 0 Å². The lowest BCUT2D eigenvalue weighted by molar-refractivity contribution is -0.163. The number of anilines is 1. The van der Waals surface area contributed by atoms with Gasteiger partial charge < -0.3 is 14.7 Å². The van der Waals surface area contributed by atoms with Crippen molar-refractivity contribution in [2.75, 3.05) is 31.1 Å². The largest absolute Gasteiger partial charge is 0.339 e. The number of likely N-dealkylation sites (tertiary alicyclic amines) is 2. The molecule has 6 heteroatoms. The highest BCUT2D eigenvalue weighted by molar-refractivity contribution is 6.00. The monoisotopic (exact) mass is 383 g/mol. The van der Waals surface area contributed by atoms with Gasteiger partial charge in [0, 0.05) is 37.8 Å². The maximum absolute atomic E-state index is 13.0. The second-order valence-corrected chi connectivity index (χ2v) is 8.91. The molecule has 2 saturated heterocycles. The van der Waals surface area contributed by atoms with Crippen LogP contribution < -0.4 is 4.90 Å². The molecule has 2 fully saturated rings. The quantitative estimate of drug-likeness (QED) is 0.752. The molecule has 0 radical (unpaired) electrons. The van der Waals surface area contributed by atoms with E-state index in [1.54, 1.807) is 4.90 Å². The molecule has 150 valence electrons. The van der Waals surface area contributed by atoms with Gasteiger partial charge >= 0.3 is 0 Å². The third-order valence-corrected chi connectivity index (χ3v) is 6.31. The molecule has 4 rings (SSSR count). The van der Waals surface area contributed by atoms with Gasteiger partial charge in [0.25, 0.3) is 0 Å². The molecule has 6 nitrogen and oxygen atoms in total. The minimum atomic E-state index is -0.269. The summed E-state index contributed by atoms with van der Waals surface area (Å²) in [5.74, 6) is 0.178. The molecule has 28 heavy (non-hydrogen) atoms. The number of para-hydroxylation sites is 1. The smallest absolute Gasteiger partial charge is 0.242 e. The molecule has 1 aromatic rings. The summed E-state index contributed by atoms with van der Waals surface area (Å²) in [7, 11) is 0. The minimum Gasteiger partial charge on any atom is -0.339 e. The van der Waals surface area contributed by atoms with Gasteiger partial charge in [0.2, 0.25) is 17.7 Å². The third kappa shape index (κ3) is 3.40. The molecule has 3 heterocycles. The Bertz CT molecular complexity index is 804. The topological polar surface area (TPSA) is 60.9 Å². The van der Waals surface area contributed by atoms with E-state index in [1.165, 1.54) is 0 Å². The summed E-state index contributed by atoms with van der Waals surface area (Å²) in [6, 6.07) is 7.98. The number of β-lactam (4-membered cyclic amide) rings is 1. The van der Waals surface area contributed by atoms with Crippen LogP contribution in [-0.2, 0) is 20.8 Å². The minimum absolute atomic E-state index is 0.0199. The van der Waals surface area contributed by atoms with Gasteiger partial charge in [-0.2, -0.15) is 0 Å². The number of rotatable bonds is 3. The van der Waals surface area contributed by atoms with Crippen LogP contribution in [-0.4, -0.2) is 59.7 Å². The summed E-state index contributed by atoms with van der Waals surface area (Å²) in [6.07, 6.45) is 3.99. The van der Waals surface area contributed by atoms with Crippen LogP contribution in [0.5, 0.6) is 0 Å². The molecular weight excluding hydrogens is 354 g/mol. The van der Waals surface area contributed by atoms with E-state index < -0.39 is 0 Å². The fraction of sp³-hybridized carbons (Fsp3) is 0.591. The number of fused-ring (bicyclic) bond motifs is 1. The molecule has 0 saturated carbocycles. The van der Waals surface area contributed by atoms with E-state index in [0.29, 0.717) is 19.5 Å². The first-order valence-electron chi connectivity index (χ1n) is 10.3. The van der Waals surface area contributed by atoms with E-state index in [1.807, 2.05) is 47.9 Å². The first kappa shape index (κ1) is 19.0. The van der Waals surface area contributed by atoms with E-state index in [4.69, 9.17) is 0 Å². The van der Waals surface area contributed by atoms with Crippen molar-refractivity contribution >= 4 is 23.4 Å². The standard InChI is InChI=1S/C22H29N3O3/c1-22(2)15-25(21(22)28)17-9-6-12-23(13-17)20(27)14-24-18-10-4-3-7-16(18)8-5-11-19(24)26/h3-4,7,10,17H,5-6,8-9,11-15H2,1-2H3. The summed E-state index contributed by atoms with van der Waals surface area (Å²) >= 11 is 0. The normalized spacial score (nSPS) is 24.5. The maximum atomic E-state index is 13.0. The van der Waals surface area contributed by atoms with Crippen LogP contribution in [0.2, 0.25) is 0 Å². The van der Waals surface area contributed by atoms with Crippen LogP contribution >= 0.6 is 0 Å². The zero-order chi connectivity index (χ0) is 19.9. The molecule has 3 aliphatic rings. The van der Waals surface area contributed by atoms with Gasteiger partial charge in [-0.25, -0.2) is 0 Å². The number of hydrogen-bond acceptors (Lipinski definition) is 3. The lowest BCUT2D eigenvalue weighted by Gasteiger charge is -2.51. The first-order valence-corrected chi connectivity index (χ1v) is 10.3. The van der Waals surface area contributed by atoms with Gasteiger partial charge in [0.05, 0.1) is 5.41 Å². The predicted molar refractivity (Wildman–Crippen MR) is 107 cm³/mol. The molecule has 0 spiro atoms. The van der Waals surface area contributed by atoms with Gasteiger partial charge in [0.15, 0.2) is 0 Å². The number of amides is 3. The Balaban J connectivity index is 1.45. The molecule has 0 aromatic heterocycles. The molecule has 3 amide bonds. The number of carbonyl (C=O) groups is 3. The van der Waals surface area contributed by atoms with Crippen molar-refractivity contribution < 1.29 is 14.4 Å².